The van der Waals surface area contributed by atoms with Crippen molar-refractivity contribution in [3.05, 3.63) is 129 Å². The minimum Gasteiger partial charge on any atom is -0.302 e. The number of rotatable bonds is 6. The number of nitrogens with one attached hydrogen (secondary N) is 2. The molecule has 6 rings (SSSR count). The van der Waals surface area contributed by atoms with Crippen LogP contribution >= 0.6 is 0 Å². The van der Waals surface area contributed by atoms with Crippen molar-refractivity contribution in [1.29, 1.82) is 0 Å². The Morgan fingerprint density at radius 3 is 1.40 bits per heavy atom. The highest BCUT2D eigenvalue weighted by molar-refractivity contribution is 7.86. The van der Waals surface area contributed by atoms with Gasteiger partial charge in [-0.1, -0.05) is 84.9 Å². The van der Waals surface area contributed by atoms with E-state index >= 15 is 0 Å². The average Bonchev–Trinajstić information content (AvgIpc) is 3.55. The fraction of sp³-hybridized carbons (Fsp3) is 0.133. The molecule has 2 unspecified atom stereocenters. The van der Waals surface area contributed by atoms with Crippen LogP contribution in [0.25, 0.3) is 12.2 Å². The summed E-state index contributed by atoms with van der Waals surface area (Å²) in [6, 6.07) is 24.7. The summed E-state index contributed by atoms with van der Waals surface area (Å²) < 4.78 is 69.5. The van der Waals surface area contributed by atoms with Gasteiger partial charge in [-0.05, 0) is 56.6 Å². The topological polar surface area (TPSA) is 133 Å². The van der Waals surface area contributed by atoms with Crippen molar-refractivity contribution in [2.75, 3.05) is 0 Å². The van der Waals surface area contributed by atoms with Crippen LogP contribution in [-0.2, 0) is 33.3 Å². The van der Waals surface area contributed by atoms with Crippen LogP contribution in [-0.4, -0.2) is 25.9 Å². The monoisotopic (exact) mass is 574 g/mol. The second-order valence-corrected chi connectivity index (χ2v) is 12.7. The third kappa shape index (κ3) is 5.01. The van der Waals surface area contributed by atoms with Gasteiger partial charge in [0.25, 0.3) is 20.2 Å². The van der Waals surface area contributed by atoms with Crippen LogP contribution in [0.3, 0.4) is 0 Å². The van der Waals surface area contributed by atoms with E-state index in [1.54, 1.807) is 24.3 Å². The van der Waals surface area contributed by atoms with E-state index in [4.69, 9.17) is 0 Å². The maximum atomic E-state index is 12.4. The molecule has 204 valence electrons. The van der Waals surface area contributed by atoms with Crippen LogP contribution in [0.1, 0.15) is 56.6 Å². The van der Waals surface area contributed by atoms with Gasteiger partial charge in [0.15, 0.2) is 0 Å². The molecular formula is C30H26N2O6S2. The summed E-state index contributed by atoms with van der Waals surface area (Å²) in [4.78, 5) is -0.603. The normalized spacial score (nSPS) is 18.6. The zero-order chi connectivity index (χ0) is 28.1. The Morgan fingerprint density at radius 1 is 0.600 bits per heavy atom. The van der Waals surface area contributed by atoms with Crippen molar-refractivity contribution in [3.63, 3.8) is 0 Å². The zero-order valence-electron chi connectivity index (χ0n) is 21.2. The van der Waals surface area contributed by atoms with Gasteiger partial charge in [0.1, 0.15) is 9.79 Å². The molecule has 10 heteroatoms. The SMILES string of the molecule is O=S(=O)(O)c1cc(C2NCc3ccccc32)ccc1C=Cc1ccc(C2NCc3ccccc32)cc1S(=O)(=O)O. The molecule has 4 aromatic carbocycles. The number of hydrogen-bond donors (Lipinski definition) is 4. The molecule has 4 N–H and O–H groups in total. The Labute approximate surface area is 232 Å². The quantitative estimate of drug-likeness (QED) is 0.192. The van der Waals surface area contributed by atoms with Crippen LogP contribution in [0.15, 0.2) is 94.7 Å². The van der Waals surface area contributed by atoms with Crippen LogP contribution < -0.4 is 10.6 Å². The van der Waals surface area contributed by atoms with Crippen molar-refractivity contribution in [2.24, 2.45) is 0 Å². The lowest BCUT2D eigenvalue weighted by molar-refractivity contribution is 0.480. The van der Waals surface area contributed by atoms with E-state index in [1.807, 2.05) is 48.5 Å². The first-order valence-corrected chi connectivity index (χ1v) is 15.5. The van der Waals surface area contributed by atoms with Crippen LogP contribution in [0.2, 0.25) is 0 Å². The molecule has 2 heterocycles. The van der Waals surface area contributed by atoms with Crippen molar-refractivity contribution in [3.8, 4) is 0 Å². The van der Waals surface area contributed by atoms with E-state index in [0.29, 0.717) is 24.2 Å². The summed E-state index contributed by atoms with van der Waals surface area (Å²) in [7, 11) is -9.21. The zero-order valence-corrected chi connectivity index (χ0v) is 22.8. The fourth-order valence-corrected chi connectivity index (χ4v) is 6.99. The van der Waals surface area contributed by atoms with Gasteiger partial charge in [-0.25, -0.2) is 0 Å². The molecule has 0 aromatic heterocycles. The van der Waals surface area contributed by atoms with Crippen LogP contribution in [0.5, 0.6) is 0 Å². The number of hydrogen-bond acceptors (Lipinski definition) is 6. The first kappa shape index (κ1) is 26.6. The van der Waals surface area contributed by atoms with Crippen molar-refractivity contribution >= 4 is 32.4 Å². The van der Waals surface area contributed by atoms with Gasteiger partial charge in [0.2, 0.25) is 0 Å². The Morgan fingerprint density at radius 2 is 1.00 bits per heavy atom. The molecule has 0 radical (unpaired) electrons. The molecule has 0 spiro atoms. The maximum absolute atomic E-state index is 12.4. The third-order valence-corrected chi connectivity index (χ3v) is 9.28. The van der Waals surface area contributed by atoms with E-state index < -0.39 is 20.2 Å². The van der Waals surface area contributed by atoms with Crippen LogP contribution in [0, 0.1) is 0 Å². The highest BCUT2D eigenvalue weighted by atomic mass is 32.2. The van der Waals surface area contributed by atoms with E-state index in [9.17, 15) is 25.9 Å². The molecule has 0 saturated carbocycles. The largest absolute Gasteiger partial charge is 0.302 e. The summed E-state index contributed by atoms with van der Waals surface area (Å²) in [5, 5.41) is 6.72. The Bertz CT molecular complexity index is 1750. The van der Waals surface area contributed by atoms with Crippen molar-refractivity contribution in [1.82, 2.24) is 10.6 Å². The molecule has 2 aliphatic rings. The molecule has 0 fully saturated rings. The first-order valence-electron chi connectivity index (χ1n) is 12.6. The van der Waals surface area contributed by atoms with E-state index in [-0.39, 0.29) is 33.0 Å². The lowest BCUT2D eigenvalue weighted by Gasteiger charge is -2.16. The van der Waals surface area contributed by atoms with Gasteiger partial charge < -0.3 is 10.6 Å². The Hall–Kier alpha value is -3.64. The van der Waals surface area contributed by atoms with E-state index in [2.05, 4.69) is 10.6 Å². The van der Waals surface area contributed by atoms with E-state index in [0.717, 1.165) is 22.3 Å². The molecular weight excluding hydrogens is 548 g/mol. The van der Waals surface area contributed by atoms with Crippen LogP contribution in [0.4, 0.5) is 0 Å². The lowest BCUT2D eigenvalue weighted by atomic mass is 9.97. The molecule has 0 aliphatic carbocycles. The Kier molecular flexibility index (Phi) is 6.70. The fourth-order valence-electron chi connectivity index (χ4n) is 5.56. The highest BCUT2D eigenvalue weighted by Crippen LogP contribution is 2.35. The van der Waals surface area contributed by atoms with Gasteiger partial charge in [-0.2, -0.15) is 16.8 Å². The molecule has 0 saturated heterocycles. The summed E-state index contributed by atoms with van der Waals surface area (Å²) in [5.41, 5.74) is 5.98. The van der Waals surface area contributed by atoms with Gasteiger partial charge in [-0.15, -0.1) is 0 Å². The van der Waals surface area contributed by atoms with Crippen molar-refractivity contribution in [2.45, 2.75) is 35.0 Å². The molecule has 0 bridgehead atoms. The molecule has 0 amide bonds. The number of benzene rings is 4. The van der Waals surface area contributed by atoms with Gasteiger partial charge >= 0.3 is 0 Å². The molecule has 4 aromatic rings. The van der Waals surface area contributed by atoms with E-state index in [1.165, 1.54) is 24.3 Å². The predicted molar refractivity (Wildman–Crippen MR) is 152 cm³/mol. The smallest absolute Gasteiger partial charge is 0.295 e. The maximum Gasteiger partial charge on any atom is 0.295 e. The molecule has 8 nitrogen and oxygen atoms in total. The number of fused-ring (bicyclic) bond motifs is 2. The summed E-state index contributed by atoms with van der Waals surface area (Å²) >= 11 is 0. The minimum atomic E-state index is -4.61. The average molecular weight is 575 g/mol. The highest BCUT2D eigenvalue weighted by Gasteiger charge is 2.27. The van der Waals surface area contributed by atoms with Crippen molar-refractivity contribution < 1.29 is 25.9 Å². The second kappa shape index (κ2) is 10.1. The first-order chi connectivity index (χ1) is 19.1. The standard InChI is InChI=1S/C30H26N2O6S2/c33-39(34,35)27-15-21(29-25-7-3-1-5-23(25)17-31-29)13-11-19(27)9-10-20-12-14-22(16-28(20)40(36,37)38)30-26-8-4-2-6-24(26)18-32-30/h1-16,29-32H,17-18H2,(H,33,34,35)(H,36,37,38). The summed E-state index contributed by atoms with van der Waals surface area (Å²) in [6.07, 6.45) is 2.82. The molecule has 2 atom stereocenters. The second-order valence-electron chi connectivity index (χ2n) is 9.90. The Balaban J connectivity index is 1.37. The minimum absolute atomic E-state index is 0.175. The van der Waals surface area contributed by atoms with Gasteiger partial charge in [-0.3, -0.25) is 9.11 Å². The molecule has 40 heavy (non-hydrogen) atoms. The lowest BCUT2D eigenvalue weighted by Crippen LogP contribution is -2.14. The van der Waals surface area contributed by atoms with Gasteiger partial charge in [0, 0.05) is 13.1 Å². The summed E-state index contributed by atoms with van der Waals surface area (Å²) in [5.74, 6) is 0. The summed E-state index contributed by atoms with van der Waals surface area (Å²) in [6.45, 7) is 1.28. The van der Waals surface area contributed by atoms with Gasteiger partial charge in [0.05, 0.1) is 12.1 Å². The third-order valence-electron chi connectivity index (χ3n) is 7.47. The molecule has 2 aliphatic heterocycles. The predicted octanol–water partition coefficient (Wildman–Crippen LogP) is 4.74.